The van der Waals surface area contributed by atoms with Gasteiger partial charge in [0.1, 0.15) is 0 Å². The second-order valence-corrected chi connectivity index (χ2v) is 8.34. The Labute approximate surface area is 163 Å². The van der Waals surface area contributed by atoms with Crippen molar-refractivity contribution >= 4 is 27.3 Å². The number of rotatable bonds is 6. The molecule has 0 spiro atoms. The monoisotopic (exact) mass is 402 g/mol. The third-order valence-corrected chi connectivity index (χ3v) is 6.21. The van der Waals surface area contributed by atoms with E-state index >= 15 is 0 Å². The van der Waals surface area contributed by atoms with Gasteiger partial charge in [-0.05, 0) is 49.2 Å². The van der Waals surface area contributed by atoms with Crippen LogP contribution in [-0.4, -0.2) is 25.6 Å². The number of carbonyl (C=O) groups is 1. The summed E-state index contributed by atoms with van der Waals surface area (Å²) in [4.78, 5) is 11.9. The molecule has 1 fully saturated rings. The molecule has 0 aromatic heterocycles. The molecule has 148 valence electrons. The Kier molecular flexibility index (Phi) is 6.50. The lowest BCUT2D eigenvalue weighted by atomic mass is 9.85. The van der Waals surface area contributed by atoms with Crippen molar-refractivity contribution in [2.75, 3.05) is 0 Å². The minimum atomic E-state index is -3.80. The molecule has 1 unspecified atom stereocenters. The van der Waals surface area contributed by atoms with Gasteiger partial charge in [-0.1, -0.05) is 31.0 Å². The molecule has 1 amide bonds. The fraction of sp³-hybridized carbons (Fsp3) is 0.316. The Morgan fingerprint density at radius 1 is 0.929 bits per heavy atom. The lowest BCUT2D eigenvalue weighted by Crippen LogP contribution is -2.47. The van der Waals surface area contributed by atoms with E-state index in [-0.39, 0.29) is 4.90 Å². The van der Waals surface area contributed by atoms with Crippen LogP contribution in [0.4, 0.5) is 11.4 Å². The smallest absolute Gasteiger partial charge is 0.248 e. The number of azo groups is 1. The van der Waals surface area contributed by atoms with Crippen molar-refractivity contribution in [3.05, 3.63) is 54.6 Å². The Hall–Kier alpha value is -2.62. The van der Waals surface area contributed by atoms with Crippen molar-refractivity contribution in [2.45, 2.75) is 36.6 Å². The number of nitrogens with one attached hydrogen (secondary N) is 2. The molecule has 28 heavy (non-hydrogen) atoms. The summed E-state index contributed by atoms with van der Waals surface area (Å²) in [5.74, 6) is -1.16. The van der Waals surface area contributed by atoms with Crippen LogP contribution in [0.3, 0.4) is 0 Å². The van der Waals surface area contributed by atoms with Crippen LogP contribution >= 0.6 is 0 Å². The SMILES string of the molecule is O=C(NO)C1CCCC[C@H]1NS(=O)(=O)c1ccc(N=Nc2ccccc2)cc1. The van der Waals surface area contributed by atoms with E-state index in [9.17, 15) is 13.2 Å². The molecule has 2 aromatic carbocycles. The highest BCUT2D eigenvalue weighted by Crippen LogP contribution is 2.27. The second kappa shape index (κ2) is 9.05. The van der Waals surface area contributed by atoms with E-state index in [1.54, 1.807) is 17.6 Å². The molecule has 0 saturated heterocycles. The van der Waals surface area contributed by atoms with Gasteiger partial charge in [0.15, 0.2) is 0 Å². The molecule has 0 heterocycles. The van der Waals surface area contributed by atoms with Gasteiger partial charge in [0.25, 0.3) is 0 Å². The summed E-state index contributed by atoms with van der Waals surface area (Å²) < 4.78 is 28.0. The zero-order valence-electron chi connectivity index (χ0n) is 15.2. The lowest BCUT2D eigenvalue weighted by Gasteiger charge is -2.30. The molecule has 8 nitrogen and oxygen atoms in total. The predicted molar refractivity (Wildman–Crippen MR) is 103 cm³/mol. The number of hydroxylamine groups is 1. The third-order valence-electron chi connectivity index (χ3n) is 4.70. The van der Waals surface area contributed by atoms with E-state index in [2.05, 4.69) is 15.0 Å². The minimum absolute atomic E-state index is 0.0832. The first-order valence-electron chi connectivity index (χ1n) is 9.03. The van der Waals surface area contributed by atoms with Crippen molar-refractivity contribution in [3.8, 4) is 0 Å². The Bertz CT molecular complexity index is 930. The molecule has 9 heteroatoms. The molecular weight excluding hydrogens is 380 g/mol. The molecule has 2 aromatic rings. The summed E-state index contributed by atoms with van der Waals surface area (Å²) in [6.07, 6.45) is 2.71. The van der Waals surface area contributed by atoms with Gasteiger partial charge < -0.3 is 0 Å². The van der Waals surface area contributed by atoms with Gasteiger partial charge in [0.2, 0.25) is 15.9 Å². The standard InChI is InChI=1S/C19H22N4O4S/c24-19(22-25)17-8-4-5-9-18(17)23-28(26,27)16-12-10-15(11-13-16)21-20-14-6-2-1-3-7-14/h1-3,6-7,10-13,17-18,23,25H,4-5,8-9H2,(H,22,24)/t17?,18-/m1/s1. The summed E-state index contributed by atoms with van der Waals surface area (Å²) in [6.45, 7) is 0. The van der Waals surface area contributed by atoms with E-state index in [0.29, 0.717) is 24.2 Å². The number of amides is 1. The van der Waals surface area contributed by atoms with Gasteiger partial charge in [0.05, 0.1) is 22.2 Å². The predicted octanol–water partition coefficient (Wildman–Crippen LogP) is 3.44. The van der Waals surface area contributed by atoms with Crippen LogP contribution in [0.1, 0.15) is 25.7 Å². The van der Waals surface area contributed by atoms with Gasteiger partial charge in [-0.25, -0.2) is 18.6 Å². The Morgan fingerprint density at radius 2 is 1.54 bits per heavy atom. The van der Waals surface area contributed by atoms with Gasteiger partial charge in [-0.3, -0.25) is 10.0 Å². The van der Waals surface area contributed by atoms with Gasteiger partial charge in [-0.15, -0.1) is 0 Å². The average molecular weight is 402 g/mol. The van der Waals surface area contributed by atoms with Crippen LogP contribution in [0.2, 0.25) is 0 Å². The van der Waals surface area contributed by atoms with E-state index in [1.165, 1.54) is 12.1 Å². The normalized spacial score (nSPS) is 20.2. The second-order valence-electron chi connectivity index (χ2n) is 6.62. The summed E-state index contributed by atoms with van der Waals surface area (Å²) in [6, 6.07) is 14.7. The Balaban J connectivity index is 1.71. The fourth-order valence-electron chi connectivity index (χ4n) is 3.24. The summed E-state index contributed by atoms with van der Waals surface area (Å²) >= 11 is 0. The first-order chi connectivity index (χ1) is 13.5. The number of sulfonamides is 1. The molecule has 0 bridgehead atoms. The van der Waals surface area contributed by atoms with Crippen molar-refractivity contribution < 1.29 is 18.4 Å². The van der Waals surface area contributed by atoms with Gasteiger partial charge >= 0.3 is 0 Å². The highest BCUT2D eigenvalue weighted by Gasteiger charge is 2.34. The van der Waals surface area contributed by atoms with Crippen LogP contribution < -0.4 is 10.2 Å². The number of benzene rings is 2. The lowest BCUT2D eigenvalue weighted by molar-refractivity contribution is -0.135. The summed E-state index contributed by atoms with van der Waals surface area (Å²) in [5.41, 5.74) is 2.85. The third kappa shape index (κ3) is 5.00. The van der Waals surface area contributed by atoms with Crippen molar-refractivity contribution in [3.63, 3.8) is 0 Å². The van der Waals surface area contributed by atoms with Crippen LogP contribution in [-0.2, 0) is 14.8 Å². The van der Waals surface area contributed by atoms with Crippen molar-refractivity contribution in [1.82, 2.24) is 10.2 Å². The first-order valence-corrected chi connectivity index (χ1v) is 10.5. The minimum Gasteiger partial charge on any atom is -0.289 e. The molecule has 2 atom stereocenters. The molecule has 3 N–H and O–H groups in total. The van der Waals surface area contributed by atoms with Crippen LogP contribution in [0.25, 0.3) is 0 Å². The molecule has 1 saturated carbocycles. The van der Waals surface area contributed by atoms with Crippen molar-refractivity contribution in [1.29, 1.82) is 0 Å². The maximum Gasteiger partial charge on any atom is 0.248 e. The van der Waals surface area contributed by atoms with Crippen LogP contribution in [0.5, 0.6) is 0 Å². The van der Waals surface area contributed by atoms with E-state index in [4.69, 9.17) is 5.21 Å². The van der Waals surface area contributed by atoms with Crippen LogP contribution in [0.15, 0.2) is 69.7 Å². The van der Waals surface area contributed by atoms with E-state index in [0.717, 1.165) is 12.8 Å². The molecule has 1 aliphatic rings. The molecule has 0 aliphatic heterocycles. The van der Waals surface area contributed by atoms with E-state index in [1.807, 2.05) is 30.3 Å². The summed E-state index contributed by atoms with van der Waals surface area (Å²) in [7, 11) is -3.80. The molecule has 1 aliphatic carbocycles. The summed E-state index contributed by atoms with van der Waals surface area (Å²) in [5, 5.41) is 17.1. The van der Waals surface area contributed by atoms with Gasteiger partial charge in [0, 0.05) is 6.04 Å². The van der Waals surface area contributed by atoms with Crippen molar-refractivity contribution in [2.24, 2.45) is 16.1 Å². The first kappa shape index (κ1) is 20.1. The van der Waals surface area contributed by atoms with Gasteiger partial charge in [-0.2, -0.15) is 10.2 Å². The molecule has 0 radical (unpaired) electrons. The van der Waals surface area contributed by atoms with E-state index < -0.39 is 27.9 Å². The number of nitrogens with zero attached hydrogens (tertiary/aromatic N) is 2. The molecule has 3 rings (SSSR count). The zero-order valence-corrected chi connectivity index (χ0v) is 16.0. The number of hydrogen-bond acceptors (Lipinski definition) is 6. The molecular formula is C19H22N4O4S. The zero-order chi connectivity index (χ0) is 20.0. The number of carbonyl (C=O) groups excluding carboxylic acids is 1. The maximum absolute atomic E-state index is 12.7. The highest BCUT2D eigenvalue weighted by atomic mass is 32.2. The Morgan fingerprint density at radius 3 is 2.18 bits per heavy atom. The average Bonchev–Trinajstić information content (AvgIpc) is 2.73. The van der Waals surface area contributed by atoms with Crippen LogP contribution in [0, 0.1) is 5.92 Å². The maximum atomic E-state index is 12.7. The quantitative estimate of drug-likeness (QED) is 0.389. The largest absolute Gasteiger partial charge is 0.289 e. The fourth-order valence-corrected chi connectivity index (χ4v) is 4.55. The topological polar surface area (TPSA) is 120 Å². The highest BCUT2D eigenvalue weighted by molar-refractivity contribution is 7.89. The number of hydrogen-bond donors (Lipinski definition) is 3.